The summed E-state index contributed by atoms with van der Waals surface area (Å²) in [5.74, 6) is -5.05. The molecule has 4 heterocycles. The fourth-order valence-corrected chi connectivity index (χ4v) is 4.79. The summed E-state index contributed by atoms with van der Waals surface area (Å²) in [6.45, 7) is 1.43. The first-order valence-corrected chi connectivity index (χ1v) is 12.7. The van der Waals surface area contributed by atoms with Gasteiger partial charge in [0.1, 0.15) is 11.2 Å². The second kappa shape index (κ2) is 8.46. The lowest BCUT2D eigenvalue weighted by Gasteiger charge is -2.19. The Morgan fingerprint density at radius 1 is 1.00 bits per heavy atom. The third-order valence-electron chi connectivity index (χ3n) is 6.04. The van der Waals surface area contributed by atoms with E-state index in [9.17, 15) is 30.4 Å². The summed E-state index contributed by atoms with van der Waals surface area (Å²) >= 11 is 0. The summed E-state index contributed by atoms with van der Waals surface area (Å²) in [6.07, 6.45) is -0.508. The standard InChI is InChI=1S/C22H18F5N7O2S/c1-3-37(35,36)16-6-12(18-29-10-15(32-33-18)11-4-5-11)8-28-17(16)20-31-14-7-13(9-30-19(14)34(20)2)21(23,24)22(25,26)27/h6-11H,3-5H2,1-2H3. The fourth-order valence-electron chi connectivity index (χ4n) is 3.73. The van der Waals surface area contributed by atoms with Crippen molar-refractivity contribution in [2.45, 2.75) is 42.7 Å². The first-order valence-electron chi connectivity index (χ1n) is 11.0. The average Bonchev–Trinajstić information content (AvgIpc) is 3.66. The molecule has 1 aliphatic carbocycles. The van der Waals surface area contributed by atoms with E-state index in [4.69, 9.17) is 0 Å². The number of aryl methyl sites for hydroxylation is 1. The lowest BCUT2D eigenvalue weighted by atomic mass is 10.1. The number of imidazole rings is 1. The largest absolute Gasteiger partial charge is 0.458 e. The van der Waals surface area contributed by atoms with Crippen LogP contribution in [0, 0.1) is 0 Å². The van der Waals surface area contributed by atoms with Gasteiger partial charge in [-0.1, -0.05) is 6.92 Å². The average molecular weight is 539 g/mol. The molecule has 5 rings (SSSR count). The van der Waals surface area contributed by atoms with Crippen LogP contribution in [0.15, 0.2) is 35.6 Å². The maximum absolute atomic E-state index is 13.9. The molecular formula is C22H18F5N7O2S. The third kappa shape index (κ3) is 4.30. The number of nitrogens with zero attached hydrogens (tertiary/aromatic N) is 7. The first-order chi connectivity index (χ1) is 17.3. The maximum atomic E-state index is 13.9. The van der Waals surface area contributed by atoms with Crippen molar-refractivity contribution in [2.24, 2.45) is 7.05 Å². The predicted octanol–water partition coefficient (Wildman–Crippen LogP) is 4.21. The molecule has 0 aliphatic heterocycles. The Hall–Kier alpha value is -3.62. The van der Waals surface area contributed by atoms with Crippen molar-refractivity contribution in [2.75, 3.05) is 5.75 Å². The van der Waals surface area contributed by atoms with Gasteiger partial charge in [0.15, 0.2) is 27.1 Å². The molecule has 1 saturated carbocycles. The van der Waals surface area contributed by atoms with Crippen LogP contribution in [-0.2, 0) is 22.8 Å². The molecule has 0 unspecified atom stereocenters. The molecule has 0 N–H and O–H groups in total. The van der Waals surface area contributed by atoms with Crippen molar-refractivity contribution >= 4 is 21.0 Å². The van der Waals surface area contributed by atoms with Gasteiger partial charge < -0.3 is 4.57 Å². The van der Waals surface area contributed by atoms with Crippen LogP contribution in [0.25, 0.3) is 34.1 Å². The van der Waals surface area contributed by atoms with Gasteiger partial charge in [0.05, 0.1) is 28.1 Å². The number of fused-ring (bicyclic) bond motifs is 1. The third-order valence-corrected chi connectivity index (χ3v) is 7.78. The Morgan fingerprint density at radius 3 is 2.32 bits per heavy atom. The van der Waals surface area contributed by atoms with Gasteiger partial charge in [-0.2, -0.15) is 27.1 Å². The van der Waals surface area contributed by atoms with Crippen LogP contribution in [0.3, 0.4) is 0 Å². The Labute approximate surface area is 206 Å². The van der Waals surface area contributed by atoms with Crippen LogP contribution in [0.2, 0.25) is 0 Å². The Balaban J connectivity index is 1.63. The zero-order valence-corrected chi connectivity index (χ0v) is 20.1. The van der Waals surface area contributed by atoms with Crippen LogP contribution in [-0.4, -0.2) is 55.0 Å². The maximum Gasteiger partial charge on any atom is 0.458 e. The summed E-state index contributed by atoms with van der Waals surface area (Å²) in [5.41, 5.74) is -0.815. The summed E-state index contributed by atoms with van der Waals surface area (Å²) in [4.78, 5) is 16.1. The van der Waals surface area contributed by atoms with Gasteiger partial charge in [-0.15, -0.1) is 5.10 Å². The highest BCUT2D eigenvalue weighted by molar-refractivity contribution is 7.91. The number of hydrogen-bond acceptors (Lipinski definition) is 8. The van der Waals surface area contributed by atoms with E-state index >= 15 is 0 Å². The van der Waals surface area contributed by atoms with E-state index in [0.717, 1.165) is 18.5 Å². The predicted molar refractivity (Wildman–Crippen MR) is 120 cm³/mol. The highest BCUT2D eigenvalue weighted by Gasteiger charge is 2.59. The van der Waals surface area contributed by atoms with Crippen LogP contribution >= 0.6 is 0 Å². The van der Waals surface area contributed by atoms with Gasteiger partial charge in [-0.05, 0) is 25.0 Å². The van der Waals surface area contributed by atoms with Gasteiger partial charge in [0, 0.05) is 30.9 Å². The molecule has 9 nitrogen and oxygen atoms in total. The van der Waals surface area contributed by atoms with Crippen molar-refractivity contribution in [1.29, 1.82) is 0 Å². The molecule has 0 bridgehead atoms. The quantitative estimate of drug-likeness (QED) is 0.335. The molecule has 15 heteroatoms. The minimum absolute atomic E-state index is 0.0364. The molecule has 0 amide bonds. The summed E-state index contributed by atoms with van der Waals surface area (Å²) in [5, 5.41) is 8.22. The van der Waals surface area contributed by atoms with E-state index < -0.39 is 27.5 Å². The van der Waals surface area contributed by atoms with Crippen LogP contribution in [0.1, 0.15) is 36.9 Å². The minimum atomic E-state index is -5.83. The zero-order valence-electron chi connectivity index (χ0n) is 19.3. The summed E-state index contributed by atoms with van der Waals surface area (Å²) in [7, 11) is -2.49. The van der Waals surface area contributed by atoms with E-state index in [1.807, 2.05) is 0 Å². The molecular weight excluding hydrogens is 521 g/mol. The number of halogens is 5. The number of sulfone groups is 1. The minimum Gasteiger partial charge on any atom is -0.310 e. The molecule has 0 radical (unpaired) electrons. The molecule has 0 atom stereocenters. The Kier molecular flexibility index (Phi) is 5.73. The topological polar surface area (TPSA) is 116 Å². The molecule has 0 spiro atoms. The summed E-state index contributed by atoms with van der Waals surface area (Å²) < 4.78 is 93.5. The number of hydrogen-bond donors (Lipinski definition) is 0. The monoisotopic (exact) mass is 539 g/mol. The zero-order chi connectivity index (χ0) is 26.8. The van der Waals surface area contributed by atoms with Crippen molar-refractivity contribution in [3.8, 4) is 22.9 Å². The molecule has 4 aromatic heterocycles. The molecule has 37 heavy (non-hydrogen) atoms. The van der Waals surface area contributed by atoms with Crippen molar-refractivity contribution in [1.82, 2.24) is 34.7 Å². The normalized spacial score (nSPS) is 14.9. The van der Waals surface area contributed by atoms with Crippen LogP contribution < -0.4 is 0 Å². The van der Waals surface area contributed by atoms with Crippen molar-refractivity contribution in [3.05, 3.63) is 42.0 Å². The van der Waals surface area contributed by atoms with Crippen molar-refractivity contribution < 1.29 is 30.4 Å². The van der Waals surface area contributed by atoms with Gasteiger partial charge >= 0.3 is 12.1 Å². The van der Waals surface area contributed by atoms with E-state index in [1.165, 1.54) is 30.8 Å². The second-order valence-electron chi connectivity index (χ2n) is 8.59. The number of aromatic nitrogens is 7. The van der Waals surface area contributed by atoms with Crippen LogP contribution in [0.4, 0.5) is 22.0 Å². The fraction of sp³-hybridized carbons (Fsp3) is 0.364. The molecule has 0 aromatic carbocycles. The van der Waals surface area contributed by atoms with Crippen molar-refractivity contribution in [3.63, 3.8) is 0 Å². The van der Waals surface area contributed by atoms with Gasteiger partial charge in [-0.3, -0.25) is 4.98 Å². The van der Waals surface area contributed by atoms with E-state index in [-0.39, 0.29) is 44.7 Å². The number of rotatable bonds is 6. The smallest absolute Gasteiger partial charge is 0.310 e. The van der Waals surface area contributed by atoms with Gasteiger partial charge in [-0.25, -0.2) is 23.4 Å². The molecule has 1 fully saturated rings. The molecule has 0 saturated heterocycles. The van der Waals surface area contributed by atoms with E-state index in [1.54, 1.807) is 6.20 Å². The SMILES string of the molecule is CCS(=O)(=O)c1cc(-c2ncc(C3CC3)nn2)cnc1-c1nc2cc(C(F)(F)C(F)(F)F)cnc2n1C. The Morgan fingerprint density at radius 2 is 1.73 bits per heavy atom. The second-order valence-corrected chi connectivity index (χ2v) is 10.8. The number of alkyl halides is 5. The van der Waals surface area contributed by atoms with E-state index in [2.05, 4.69) is 30.1 Å². The number of pyridine rings is 2. The molecule has 194 valence electrons. The highest BCUT2D eigenvalue weighted by atomic mass is 32.2. The van der Waals surface area contributed by atoms with Gasteiger partial charge in [0.2, 0.25) is 0 Å². The lowest BCUT2D eigenvalue weighted by Crippen LogP contribution is -2.33. The van der Waals surface area contributed by atoms with Crippen LogP contribution in [0.5, 0.6) is 0 Å². The Bertz CT molecular complexity index is 1620. The molecule has 4 aromatic rings. The van der Waals surface area contributed by atoms with Gasteiger partial charge in [0.25, 0.3) is 0 Å². The lowest BCUT2D eigenvalue weighted by molar-refractivity contribution is -0.289. The highest BCUT2D eigenvalue weighted by Crippen LogP contribution is 2.44. The summed E-state index contributed by atoms with van der Waals surface area (Å²) in [6, 6.07) is 1.88. The van der Waals surface area contributed by atoms with E-state index in [0.29, 0.717) is 18.2 Å². The first kappa shape index (κ1) is 25.0. The molecule has 1 aliphatic rings.